The summed E-state index contributed by atoms with van der Waals surface area (Å²) < 4.78 is 28.9. The van der Waals surface area contributed by atoms with Gasteiger partial charge in [0.15, 0.2) is 5.84 Å². The highest BCUT2D eigenvalue weighted by molar-refractivity contribution is 7.90. The number of pyridine rings is 1. The molecule has 1 N–H and O–H groups in total. The molecule has 1 aliphatic heterocycles. The first kappa shape index (κ1) is 21.2. The first-order valence-corrected chi connectivity index (χ1v) is 11.9. The van der Waals surface area contributed by atoms with Crippen molar-refractivity contribution in [2.45, 2.75) is 49.5 Å². The zero-order valence-electron chi connectivity index (χ0n) is 17.1. The Kier molecular flexibility index (Phi) is 6.41. The van der Waals surface area contributed by atoms with Crippen LogP contribution in [0.1, 0.15) is 49.8 Å². The third-order valence-corrected chi connectivity index (χ3v) is 6.72. The van der Waals surface area contributed by atoms with E-state index < -0.39 is 10.0 Å². The smallest absolute Gasteiger partial charge is 0.285 e. The van der Waals surface area contributed by atoms with Crippen LogP contribution < -0.4 is 5.32 Å². The summed E-state index contributed by atoms with van der Waals surface area (Å²) in [6, 6.07) is 12.3. The average Bonchev–Trinajstić information content (AvgIpc) is 3.06. The highest BCUT2D eigenvalue weighted by Gasteiger charge is 2.32. The Morgan fingerprint density at radius 3 is 2.68 bits per heavy atom. The van der Waals surface area contributed by atoms with E-state index in [-0.39, 0.29) is 35.6 Å². The molecule has 2 aliphatic rings. The van der Waals surface area contributed by atoms with Gasteiger partial charge in [0.1, 0.15) is 4.90 Å². The Morgan fingerprint density at radius 1 is 1.13 bits per heavy atom. The minimum absolute atomic E-state index is 0.0697. The summed E-state index contributed by atoms with van der Waals surface area (Å²) in [4.78, 5) is 16.9. The summed E-state index contributed by atoms with van der Waals surface area (Å²) in [5.41, 5.74) is 1.10. The van der Waals surface area contributed by atoms with Gasteiger partial charge in [-0.05, 0) is 37.1 Å². The van der Waals surface area contributed by atoms with Gasteiger partial charge in [-0.25, -0.2) is 5.01 Å². The second kappa shape index (κ2) is 9.38. The van der Waals surface area contributed by atoms with E-state index >= 15 is 0 Å². The maximum atomic E-state index is 12.5. The molecule has 1 fully saturated rings. The number of hydrogen-bond donors (Lipinski definition) is 1. The van der Waals surface area contributed by atoms with Crippen LogP contribution in [0.2, 0.25) is 0 Å². The second-order valence-corrected chi connectivity index (χ2v) is 9.23. The lowest BCUT2D eigenvalue weighted by molar-refractivity contribution is -0.122. The van der Waals surface area contributed by atoms with Gasteiger partial charge in [0.05, 0.1) is 18.5 Å². The molecule has 0 atom stereocenters. The number of sulfonamides is 1. The number of benzene rings is 1. The predicted octanol–water partition coefficient (Wildman–Crippen LogP) is 2.71. The number of nitrogens with one attached hydrogen (secondary N) is 1. The molecule has 2 heterocycles. The highest BCUT2D eigenvalue weighted by atomic mass is 32.2. The van der Waals surface area contributed by atoms with Crippen LogP contribution in [0.5, 0.6) is 0 Å². The molecular formula is C22H25N5O3S. The summed E-state index contributed by atoms with van der Waals surface area (Å²) in [5.74, 6) is 0.146. The SMILES string of the molecule is O=C(CCN(/N=C\c1ccccn1)C1=NS(=O)(=O)c2ccccc21)NC1CCCCC1. The van der Waals surface area contributed by atoms with Crippen LogP contribution in [0.4, 0.5) is 0 Å². The number of carbonyl (C=O) groups excluding carboxylic acids is 1. The number of hydrogen-bond acceptors (Lipinski definition) is 6. The zero-order chi connectivity index (χ0) is 21.7. The predicted molar refractivity (Wildman–Crippen MR) is 118 cm³/mol. The average molecular weight is 440 g/mol. The van der Waals surface area contributed by atoms with Crippen molar-refractivity contribution in [2.75, 3.05) is 6.54 Å². The summed E-state index contributed by atoms with van der Waals surface area (Å²) in [5, 5.41) is 8.99. The van der Waals surface area contributed by atoms with E-state index in [1.807, 2.05) is 6.07 Å². The van der Waals surface area contributed by atoms with Crippen molar-refractivity contribution in [3.05, 3.63) is 59.9 Å². The molecule has 0 radical (unpaired) electrons. The highest BCUT2D eigenvalue weighted by Crippen LogP contribution is 2.27. The van der Waals surface area contributed by atoms with Crippen LogP contribution in [0.15, 0.2) is 63.1 Å². The van der Waals surface area contributed by atoms with Crippen molar-refractivity contribution < 1.29 is 13.2 Å². The zero-order valence-corrected chi connectivity index (χ0v) is 18.0. The van der Waals surface area contributed by atoms with Crippen LogP contribution in [-0.4, -0.2) is 49.0 Å². The van der Waals surface area contributed by atoms with Crippen molar-refractivity contribution in [1.82, 2.24) is 15.3 Å². The molecule has 0 saturated heterocycles. The largest absolute Gasteiger partial charge is 0.353 e. The maximum absolute atomic E-state index is 12.5. The van der Waals surface area contributed by atoms with Crippen molar-refractivity contribution in [2.24, 2.45) is 9.50 Å². The standard InChI is InChI=1S/C22H25N5O3S/c28-21(25-17-8-2-1-3-9-17)13-15-27(24-16-18-10-6-7-14-23-18)22-19-11-4-5-12-20(19)31(29,30)26-22/h4-7,10-12,14,16-17H,1-3,8-9,13,15H2,(H,25,28)/b24-16-. The number of aromatic nitrogens is 1. The number of hydrazone groups is 1. The normalized spacial score (nSPS) is 17.9. The third-order valence-electron chi connectivity index (χ3n) is 5.40. The molecule has 0 bridgehead atoms. The fourth-order valence-corrected chi connectivity index (χ4v) is 5.03. The van der Waals surface area contributed by atoms with Gasteiger partial charge in [-0.3, -0.25) is 9.78 Å². The van der Waals surface area contributed by atoms with E-state index in [1.165, 1.54) is 23.7 Å². The first-order chi connectivity index (χ1) is 15.0. The molecule has 0 spiro atoms. The van der Waals surface area contributed by atoms with E-state index in [2.05, 4.69) is 19.8 Å². The van der Waals surface area contributed by atoms with E-state index in [4.69, 9.17) is 0 Å². The lowest BCUT2D eigenvalue weighted by atomic mass is 9.95. The monoisotopic (exact) mass is 439 g/mol. The summed E-state index contributed by atoms with van der Waals surface area (Å²) in [6.07, 6.45) is 8.86. The third kappa shape index (κ3) is 5.16. The molecular weight excluding hydrogens is 414 g/mol. The van der Waals surface area contributed by atoms with Gasteiger partial charge in [0.2, 0.25) is 5.91 Å². The fraction of sp³-hybridized carbons (Fsp3) is 0.364. The molecule has 1 aromatic carbocycles. The molecule has 31 heavy (non-hydrogen) atoms. The van der Waals surface area contributed by atoms with Gasteiger partial charge < -0.3 is 5.32 Å². The molecule has 1 aromatic heterocycles. The summed E-state index contributed by atoms with van der Waals surface area (Å²) in [6.45, 7) is 0.199. The molecule has 162 valence electrons. The van der Waals surface area contributed by atoms with Gasteiger partial charge in [0.25, 0.3) is 10.0 Å². The minimum atomic E-state index is -3.79. The molecule has 4 rings (SSSR count). The fourth-order valence-electron chi connectivity index (χ4n) is 3.83. The summed E-state index contributed by atoms with van der Waals surface area (Å²) >= 11 is 0. The first-order valence-electron chi connectivity index (χ1n) is 10.5. The number of carbonyl (C=O) groups is 1. The Balaban J connectivity index is 1.54. The van der Waals surface area contributed by atoms with Gasteiger partial charge in [-0.15, -0.1) is 4.40 Å². The lowest BCUT2D eigenvalue weighted by Gasteiger charge is -2.24. The Hall–Kier alpha value is -3.07. The van der Waals surface area contributed by atoms with Gasteiger partial charge >= 0.3 is 0 Å². The van der Waals surface area contributed by atoms with E-state index in [0.29, 0.717) is 11.3 Å². The Morgan fingerprint density at radius 2 is 1.90 bits per heavy atom. The molecule has 1 aliphatic carbocycles. The molecule has 9 heteroatoms. The molecule has 1 saturated carbocycles. The van der Waals surface area contributed by atoms with Crippen molar-refractivity contribution in [3.63, 3.8) is 0 Å². The van der Waals surface area contributed by atoms with Crippen molar-refractivity contribution >= 4 is 28.0 Å². The minimum Gasteiger partial charge on any atom is -0.353 e. The van der Waals surface area contributed by atoms with Gasteiger partial charge in [-0.1, -0.05) is 37.5 Å². The van der Waals surface area contributed by atoms with E-state index in [0.717, 1.165) is 25.7 Å². The molecule has 1 amide bonds. The molecule has 0 unspecified atom stereocenters. The number of amidine groups is 1. The number of rotatable bonds is 6. The maximum Gasteiger partial charge on any atom is 0.285 e. The quantitative estimate of drug-likeness (QED) is 0.550. The van der Waals surface area contributed by atoms with Crippen LogP contribution in [0.3, 0.4) is 0 Å². The number of fused-ring (bicyclic) bond motifs is 1. The summed E-state index contributed by atoms with van der Waals surface area (Å²) in [7, 11) is -3.79. The number of amides is 1. The number of nitrogens with zero attached hydrogens (tertiary/aromatic N) is 4. The Bertz CT molecular complexity index is 1090. The van der Waals surface area contributed by atoms with Crippen molar-refractivity contribution in [1.29, 1.82) is 0 Å². The van der Waals surface area contributed by atoms with Crippen molar-refractivity contribution in [3.8, 4) is 0 Å². The molecule has 8 nitrogen and oxygen atoms in total. The van der Waals surface area contributed by atoms with Crippen LogP contribution in [0, 0.1) is 0 Å². The van der Waals surface area contributed by atoms with Crippen LogP contribution in [0.25, 0.3) is 0 Å². The molecule has 2 aromatic rings. The van der Waals surface area contributed by atoms with E-state index in [9.17, 15) is 13.2 Å². The second-order valence-electron chi connectivity index (χ2n) is 7.66. The van der Waals surface area contributed by atoms with Crippen LogP contribution >= 0.6 is 0 Å². The lowest BCUT2D eigenvalue weighted by Crippen LogP contribution is -2.38. The van der Waals surface area contributed by atoms with Gasteiger partial charge in [-0.2, -0.15) is 13.5 Å². The van der Waals surface area contributed by atoms with Gasteiger partial charge in [0, 0.05) is 24.2 Å². The van der Waals surface area contributed by atoms with E-state index in [1.54, 1.807) is 36.5 Å². The Labute approximate surface area is 182 Å². The van der Waals surface area contributed by atoms with Crippen LogP contribution in [-0.2, 0) is 14.8 Å². The topological polar surface area (TPSA) is 104 Å².